The standard InChI is InChI=1S/C23H19N7O4/c1-13-24-22(34-29-13)15-8-9-18-17(11-15)30(2)23(32)16(12-33-18)25-21(31)20-26-19(27-28-20)10-14-6-4-3-5-7-14/h3-9,11H,10,12H2,1-2H3,(H,26,27,28). The second-order valence-corrected chi connectivity index (χ2v) is 7.61. The molecular weight excluding hydrogens is 438 g/mol. The Morgan fingerprint density at radius 2 is 2.00 bits per heavy atom. The molecule has 0 bridgehead atoms. The average Bonchev–Trinajstić information content (AvgIpc) is 3.48. The number of hydrogen-bond acceptors (Lipinski definition) is 8. The number of benzene rings is 2. The van der Waals surface area contributed by atoms with Gasteiger partial charge in [-0.25, -0.2) is 9.98 Å². The number of carbonyl (C=O) groups is 2. The number of rotatable bonds is 4. The number of H-pyrrole nitrogens is 1. The van der Waals surface area contributed by atoms with E-state index in [9.17, 15) is 9.59 Å². The number of anilines is 1. The number of fused-ring (bicyclic) bond motifs is 1. The largest absolute Gasteiger partial charge is 0.485 e. The molecular formula is C23H19N7O4. The van der Waals surface area contributed by atoms with Gasteiger partial charge in [0.1, 0.15) is 23.9 Å². The molecule has 1 N–H and O–H groups in total. The normalized spacial score (nSPS) is 14.6. The maximum Gasteiger partial charge on any atom is 0.317 e. The zero-order valence-electron chi connectivity index (χ0n) is 18.3. The smallest absolute Gasteiger partial charge is 0.317 e. The Kier molecular flexibility index (Phi) is 5.42. The zero-order chi connectivity index (χ0) is 23.7. The number of carbonyl (C=O) groups excluding carboxylic acids is 2. The minimum Gasteiger partial charge on any atom is -0.485 e. The van der Waals surface area contributed by atoms with Crippen molar-refractivity contribution in [2.24, 2.45) is 4.99 Å². The summed E-state index contributed by atoms with van der Waals surface area (Å²) in [4.78, 5) is 39.4. The van der Waals surface area contributed by atoms with Crippen LogP contribution in [0.2, 0.25) is 0 Å². The minimum atomic E-state index is -0.733. The van der Waals surface area contributed by atoms with Crippen LogP contribution < -0.4 is 9.64 Å². The lowest BCUT2D eigenvalue weighted by Crippen LogP contribution is -2.34. The Labute approximate surface area is 193 Å². The van der Waals surface area contributed by atoms with Gasteiger partial charge in [0.25, 0.3) is 11.8 Å². The minimum absolute atomic E-state index is 0.0618. The van der Waals surface area contributed by atoms with Gasteiger partial charge in [-0.1, -0.05) is 35.5 Å². The van der Waals surface area contributed by atoms with Gasteiger partial charge < -0.3 is 14.2 Å². The van der Waals surface area contributed by atoms with Crippen molar-refractivity contribution < 1.29 is 18.8 Å². The summed E-state index contributed by atoms with van der Waals surface area (Å²) in [5, 5.41) is 10.5. The molecule has 2 amide bonds. The van der Waals surface area contributed by atoms with Crippen molar-refractivity contribution in [2.45, 2.75) is 13.3 Å². The van der Waals surface area contributed by atoms with Gasteiger partial charge in [-0.3, -0.25) is 14.7 Å². The summed E-state index contributed by atoms with van der Waals surface area (Å²) in [5.41, 5.74) is 2.07. The van der Waals surface area contributed by atoms with E-state index in [0.717, 1.165) is 5.56 Å². The third-order valence-electron chi connectivity index (χ3n) is 5.18. The van der Waals surface area contributed by atoms with Gasteiger partial charge in [0.2, 0.25) is 5.82 Å². The summed E-state index contributed by atoms with van der Waals surface area (Å²) in [6.45, 7) is 1.54. The second kappa shape index (κ2) is 8.70. The summed E-state index contributed by atoms with van der Waals surface area (Å²) in [6, 6.07) is 14.8. The van der Waals surface area contributed by atoms with Crippen LogP contribution in [-0.2, 0) is 11.2 Å². The fraction of sp³-hybridized carbons (Fsp3) is 0.174. The SMILES string of the molecule is Cc1noc(-c2ccc3c(c2)N(C)C(=O)C(=NC(=O)c2n[nH]c(Cc4ccccc4)n2)CO3)n1. The Hall–Kier alpha value is -4.67. The van der Waals surface area contributed by atoms with E-state index in [1.807, 2.05) is 30.3 Å². The van der Waals surface area contributed by atoms with E-state index in [0.29, 0.717) is 41.0 Å². The predicted molar refractivity (Wildman–Crippen MR) is 121 cm³/mol. The monoisotopic (exact) mass is 457 g/mol. The number of hydrogen-bond donors (Lipinski definition) is 1. The highest BCUT2D eigenvalue weighted by molar-refractivity contribution is 6.46. The lowest BCUT2D eigenvalue weighted by molar-refractivity contribution is -0.112. The number of aliphatic imine (C=N–C) groups is 1. The fourth-order valence-corrected chi connectivity index (χ4v) is 3.47. The Morgan fingerprint density at radius 1 is 1.18 bits per heavy atom. The summed E-state index contributed by atoms with van der Waals surface area (Å²) in [7, 11) is 1.57. The lowest BCUT2D eigenvalue weighted by atomic mass is 10.1. The van der Waals surface area contributed by atoms with Crippen LogP contribution in [0.4, 0.5) is 5.69 Å². The van der Waals surface area contributed by atoms with Gasteiger partial charge in [-0.15, -0.1) is 5.10 Å². The van der Waals surface area contributed by atoms with Gasteiger partial charge in [-0.05, 0) is 30.7 Å². The molecule has 170 valence electrons. The van der Waals surface area contributed by atoms with Crippen molar-refractivity contribution in [1.29, 1.82) is 0 Å². The van der Waals surface area contributed by atoms with E-state index in [-0.39, 0.29) is 18.1 Å². The molecule has 3 heterocycles. The van der Waals surface area contributed by atoms with Crippen LogP contribution in [0.1, 0.15) is 27.8 Å². The first kappa shape index (κ1) is 21.2. The van der Waals surface area contributed by atoms with E-state index >= 15 is 0 Å². The van der Waals surface area contributed by atoms with Crippen molar-refractivity contribution >= 4 is 23.2 Å². The van der Waals surface area contributed by atoms with Crippen LogP contribution in [0.5, 0.6) is 5.75 Å². The van der Waals surface area contributed by atoms with Gasteiger partial charge in [0.15, 0.2) is 5.82 Å². The molecule has 1 aliphatic heterocycles. The van der Waals surface area contributed by atoms with Crippen molar-refractivity contribution in [2.75, 3.05) is 18.6 Å². The molecule has 0 atom stereocenters. The fourth-order valence-electron chi connectivity index (χ4n) is 3.47. The molecule has 5 rings (SSSR count). The highest BCUT2D eigenvalue weighted by Gasteiger charge is 2.28. The van der Waals surface area contributed by atoms with Crippen molar-refractivity contribution in [1.82, 2.24) is 25.3 Å². The first-order chi connectivity index (χ1) is 16.5. The Bertz CT molecular complexity index is 1410. The number of aromatic amines is 1. The maximum absolute atomic E-state index is 13.0. The first-order valence-corrected chi connectivity index (χ1v) is 10.4. The molecule has 2 aromatic heterocycles. The molecule has 0 unspecified atom stereocenters. The molecule has 0 saturated carbocycles. The topological polar surface area (TPSA) is 139 Å². The summed E-state index contributed by atoms with van der Waals surface area (Å²) < 4.78 is 11.0. The number of ether oxygens (including phenoxy) is 1. The van der Waals surface area contributed by atoms with Crippen LogP contribution in [0.25, 0.3) is 11.5 Å². The highest BCUT2D eigenvalue weighted by Crippen LogP contribution is 2.34. The van der Waals surface area contributed by atoms with Crippen molar-refractivity contribution in [3.8, 4) is 17.2 Å². The van der Waals surface area contributed by atoms with Crippen LogP contribution in [0, 0.1) is 6.92 Å². The number of aromatic nitrogens is 5. The molecule has 11 nitrogen and oxygen atoms in total. The van der Waals surface area contributed by atoms with E-state index in [1.165, 1.54) is 4.90 Å². The third-order valence-corrected chi connectivity index (χ3v) is 5.18. The number of amides is 2. The van der Waals surface area contributed by atoms with Crippen molar-refractivity contribution in [3.63, 3.8) is 0 Å². The number of aryl methyl sites for hydroxylation is 1. The number of nitrogens with one attached hydrogen (secondary N) is 1. The highest BCUT2D eigenvalue weighted by atomic mass is 16.5. The van der Waals surface area contributed by atoms with Gasteiger partial charge >= 0.3 is 5.91 Å². The molecule has 0 aliphatic carbocycles. The van der Waals surface area contributed by atoms with Gasteiger partial charge in [0.05, 0.1) is 5.69 Å². The predicted octanol–water partition coefficient (Wildman–Crippen LogP) is 2.39. The van der Waals surface area contributed by atoms with E-state index in [1.54, 1.807) is 32.2 Å². The van der Waals surface area contributed by atoms with Gasteiger partial charge in [-0.2, -0.15) is 4.98 Å². The molecule has 4 aromatic rings. The number of nitrogens with zero attached hydrogens (tertiary/aromatic N) is 6. The summed E-state index contributed by atoms with van der Waals surface area (Å²) in [5.74, 6) is 0.463. The van der Waals surface area contributed by atoms with Crippen LogP contribution in [0.3, 0.4) is 0 Å². The van der Waals surface area contributed by atoms with Crippen LogP contribution in [0.15, 0.2) is 58.0 Å². The molecule has 1 aliphatic rings. The molecule has 0 radical (unpaired) electrons. The van der Waals surface area contributed by atoms with Gasteiger partial charge in [0, 0.05) is 19.0 Å². The van der Waals surface area contributed by atoms with E-state index < -0.39 is 11.8 Å². The quantitative estimate of drug-likeness (QED) is 0.493. The average molecular weight is 457 g/mol. The first-order valence-electron chi connectivity index (χ1n) is 10.4. The Balaban J connectivity index is 1.36. The Morgan fingerprint density at radius 3 is 2.76 bits per heavy atom. The maximum atomic E-state index is 13.0. The van der Waals surface area contributed by atoms with E-state index in [2.05, 4.69) is 30.3 Å². The molecule has 2 aromatic carbocycles. The molecule has 11 heteroatoms. The van der Waals surface area contributed by atoms with E-state index in [4.69, 9.17) is 9.26 Å². The molecule has 34 heavy (non-hydrogen) atoms. The summed E-state index contributed by atoms with van der Waals surface area (Å²) in [6.07, 6.45) is 0.486. The molecule has 0 spiro atoms. The second-order valence-electron chi connectivity index (χ2n) is 7.61. The summed E-state index contributed by atoms with van der Waals surface area (Å²) >= 11 is 0. The molecule has 0 saturated heterocycles. The lowest BCUT2D eigenvalue weighted by Gasteiger charge is -2.16. The van der Waals surface area contributed by atoms with Crippen molar-refractivity contribution in [3.05, 3.63) is 71.6 Å². The third kappa shape index (κ3) is 4.18. The van der Waals surface area contributed by atoms with Crippen LogP contribution >= 0.6 is 0 Å². The molecule has 0 fully saturated rings. The zero-order valence-corrected chi connectivity index (χ0v) is 18.3. The van der Waals surface area contributed by atoms with Crippen LogP contribution in [-0.4, -0.2) is 56.5 Å².